The van der Waals surface area contributed by atoms with E-state index in [2.05, 4.69) is 86.2 Å². The SMILES string of the molecule is Cc1ccc([C@@H]2C=C(c3cccc(Br)c3)Nc3nnnn32)cc1. The van der Waals surface area contributed by atoms with E-state index in [0.717, 1.165) is 21.3 Å². The molecular weight excluding hydrogens is 354 g/mol. The first-order valence-electron chi connectivity index (χ1n) is 7.30. The van der Waals surface area contributed by atoms with Gasteiger partial charge in [-0.15, -0.1) is 0 Å². The third-order valence-electron chi connectivity index (χ3n) is 3.88. The van der Waals surface area contributed by atoms with Crippen LogP contribution in [0, 0.1) is 6.92 Å². The molecule has 2 aromatic carbocycles. The summed E-state index contributed by atoms with van der Waals surface area (Å²) in [6, 6.07) is 16.6. The largest absolute Gasteiger partial charge is 0.323 e. The van der Waals surface area contributed by atoms with Gasteiger partial charge >= 0.3 is 0 Å². The summed E-state index contributed by atoms with van der Waals surface area (Å²) in [5.41, 5.74) is 4.47. The van der Waals surface area contributed by atoms with E-state index < -0.39 is 0 Å². The van der Waals surface area contributed by atoms with Gasteiger partial charge in [-0.2, -0.15) is 4.68 Å². The van der Waals surface area contributed by atoms with E-state index in [4.69, 9.17) is 0 Å². The van der Waals surface area contributed by atoms with Crippen LogP contribution in [-0.2, 0) is 0 Å². The normalized spacial score (nSPS) is 16.4. The van der Waals surface area contributed by atoms with Crippen LogP contribution < -0.4 is 5.32 Å². The smallest absolute Gasteiger partial charge is 0.248 e. The molecule has 0 saturated heterocycles. The molecule has 0 spiro atoms. The third kappa shape index (κ3) is 2.66. The van der Waals surface area contributed by atoms with Crippen LogP contribution in [0.25, 0.3) is 5.70 Å². The standard InChI is InChI=1S/C17H14BrN5/c1-11-5-7-12(8-6-11)16-10-15(13-3-2-4-14(18)9-13)19-17-20-21-22-23(16)17/h2-10,16H,1H3,(H,19,20,22)/t16-/m0/s1. The van der Waals surface area contributed by atoms with Gasteiger partial charge in [0.2, 0.25) is 5.95 Å². The number of hydrogen-bond acceptors (Lipinski definition) is 4. The zero-order valence-electron chi connectivity index (χ0n) is 12.4. The van der Waals surface area contributed by atoms with Gasteiger partial charge < -0.3 is 5.32 Å². The van der Waals surface area contributed by atoms with Crippen LogP contribution in [-0.4, -0.2) is 20.2 Å². The second kappa shape index (κ2) is 5.62. The summed E-state index contributed by atoms with van der Waals surface area (Å²) in [5.74, 6) is 0.646. The topological polar surface area (TPSA) is 55.6 Å². The minimum Gasteiger partial charge on any atom is -0.323 e. The molecule has 6 heteroatoms. The zero-order valence-corrected chi connectivity index (χ0v) is 14.0. The maximum atomic E-state index is 4.12. The number of allylic oxidation sites excluding steroid dienone is 1. The molecule has 2 heterocycles. The summed E-state index contributed by atoms with van der Waals surface area (Å²) >= 11 is 3.52. The molecule has 1 aliphatic heterocycles. The molecule has 3 aromatic rings. The van der Waals surface area contributed by atoms with E-state index in [1.165, 1.54) is 5.56 Å². The molecule has 1 N–H and O–H groups in total. The maximum absolute atomic E-state index is 4.12. The van der Waals surface area contributed by atoms with Gasteiger partial charge in [0.15, 0.2) is 0 Å². The van der Waals surface area contributed by atoms with Gasteiger partial charge in [0.05, 0.1) is 0 Å². The Hall–Kier alpha value is -2.47. The molecule has 114 valence electrons. The van der Waals surface area contributed by atoms with Crippen molar-refractivity contribution in [3.05, 3.63) is 75.8 Å². The number of halogens is 1. The monoisotopic (exact) mass is 367 g/mol. The van der Waals surface area contributed by atoms with Crippen molar-refractivity contribution in [2.24, 2.45) is 0 Å². The molecule has 0 bridgehead atoms. The number of nitrogens with one attached hydrogen (secondary N) is 1. The first kappa shape index (κ1) is 14.1. The minimum absolute atomic E-state index is 0.0316. The Kier molecular flexibility index (Phi) is 3.46. The van der Waals surface area contributed by atoms with Gasteiger partial charge in [-0.25, -0.2) is 0 Å². The van der Waals surface area contributed by atoms with Gasteiger partial charge in [0, 0.05) is 10.2 Å². The van der Waals surface area contributed by atoms with E-state index in [1.807, 2.05) is 12.1 Å². The Labute approximate surface area is 142 Å². The molecule has 0 amide bonds. The maximum Gasteiger partial charge on any atom is 0.248 e. The molecule has 0 fully saturated rings. The van der Waals surface area contributed by atoms with Crippen LogP contribution in [0.2, 0.25) is 0 Å². The molecule has 1 aliphatic rings. The average Bonchev–Trinajstić information content (AvgIpc) is 3.03. The molecular formula is C17H14BrN5. The van der Waals surface area contributed by atoms with E-state index in [1.54, 1.807) is 4.68 Å². The predicted octanol–water partition coefficient (Wildman–Crippen LogP) is 3.80. The lowest BCUT2D eigenvalue weighted by Gasteiger charge is -2.23. The highest BCUT2D eigenvalue weighted by Gasteiger charge is 2.24. The number of fused-ring (bicyclic) bond motifs is 1. The Balaban J connectivity index is 1.81. The first-order valence-corrected chi connectivity index (χ1v) is 8.09. The fourth-order valence-electron chi connectivity index (χ4n) is 2.68. The lowest BCUT2D eigenvalue weighted by molar-refractivity contribution is 0.586. The summed E-state index contributed by atoms with van der Waals surface area (Å²) in [6.07, 6.45) is 2.15. The van der Waals surface area contributed by atoms with Crippen molar-refractivity contribution in [3.8, 4) is 0 Å². The Morgan fingerprint density at radius 1 is 1.13 bits per heavy atom. The van der Waals surface area contributed by atoms with Crippen molar-refractivity contribution in [1.82, 2.24) is 20.2 Å². The number of benzene rings is 2. The summed E-state index contributed by atoms with van der Waals surface area (Å²) in [6.45, 7) is 2.08. The number of aromatic nitrogens is 4. The Morgan fingerprint density at radius 3 is 2.74 bits per heavy atom. The summed E-state index contributed by atoms with van der Waals surface area (Å²) < 4.78 is 2.83. The molecule has 1 aromatic heterocycles. The van der Waals surface area contributed by atoms with Crippen LogP contribution in [0.3, 0.4) is 0 Å². The van der Waals surface area contributed by atoms with Crippen LogP contribution in [0.1, 0.15) is 22.7 Å². The summed E-state index contributed by atoms with van der Waals surface area (Å²) in [4.78, 5) is 0. The summed E-state index contributed by atoms with van der Waals surface area (Å²) in [7, 11) is 0. The lowest BCUT2D eigenvalue weighted by Crippen LogP contribution is -2.20. The van der Waals surface area contributed by atoms with Crippen molar-refractivity contribution in [2.75, 3.05) is 5.32 Å². The van der Waals surface area contributed by atoms with Crippen molar-refractivity contribution >= 4 is 27.6 Å². The summed E-state index contributed by atoms with van der Waals surface area (Å²) in [5, 5.41) is 15.3. The molecule has 0 aliphatic carbocycles. The van der Waals surface area contributed by atoms with Crippen molar-refractivity contribution < 1.29 is 0 Å². The van der Waals surface area contributed by atoms with Gasteiger partial charge in [-0.1, -0.05) is 63.0 Å². The first-order chi connectivity index (χ1) is 11.2. The highest BCUT2D eigenvalue weighted by atomic mass is 79.9. The number of tetrazole rings is 1. The average molecular weight is 368 g/mol. The molecule has 5 nitrogen and oxygen atoms in total. The highest BCUT2D eigenvalue weighted by molar-refractivity contribution is 9.10. The van der Waals surface area contributed by atoms with E-state index in [-0.39, 0.29) is 6.04 Å². The van der Waals surface area contributed by atoms with Crippen molar-refractivity contribution in [2.45, 2.75) is 13.0 Å². The Bertz CT molecular complexity index is 882. The van der Waals surface area contributed by atoms with Crippen molar-refractivity contribution in [1.29, 1.82) is 0 Å². The van der Waals surface area contributed by atoms with E-state index >= 15 is 0 Å². The van der Waals surface area contributed by atoms with Gasteiger partial charge in [0.1, 0.15) is 6.04 Å². The van der Waals surface area contributed by atoms with E-state index in [9.17, 15) is 0 Å². The van der Waals surface area contributed by atoms with E-state index in [0.29, 0.717) is 5.95 Å². The fourth-order valence-corrected chi connectivity index (χ4v) is 3.08. The van der Waals surface area contributed by atoms with Crippen LogP contribution in [0.4, 0.5) is 5.95 Å². The highest BCUT2D eigenvalue weighted by Crippen LogP contribution is 2.32. The zero-order chi connectivity index (χ0) is 15.8. The van der Waals surface area contributed by atoms with Gasteiger partial charge in [-0.3, -0.25) is 0 Å². The third-order valence-corrected chi connectivity index (χ3v) is 4.38. The minimum atomic E-state index is -0.0316. The molecule has 1 atom stereocenters. The number of anilines is 1. The van der Waals surface area contributed by atoms with Gasteiger partial charge in [-0.05, 0) is 46.7 Å². The van der Waals surface area contributed by atoms with Crippen LogP contribution >= 0.6 is 15.9 Å². The fraction of sp³-hybridized carbons (Fsp3) is 0.118. The quantitative estimate of drug-likeness (QED) is 0.748. The molecule has 0 radical (unpaired) electrons. The number of aryl methyl sites for hydroxylation is 1. The second-order valence-corrected chi connectivity index (χ2v) is 6.43. The molecule has 4 rings (SSSR count). The number of nitrogens with zero attached hydrogens (tertiary/aromatic N) is 4. The predicted molar refractivity (Wildman–Crippen MR) is 92.9 cm³/mol. The Morgan fingerprint density at radius 2 is 1.96 bits per heavy atom. The van der Waals surface area contributed by atoms with Crippen LogP contribution in [0.15, 0.2) is 59.1 Å². The van der Waals surface area contributed by atoms with Crippen molar-refractivity contribution in [3.63, 3.8) is 0 Å². The number of rotatable bonds is 2. The number of hydrogen-bond donors (Lipinski definition) is 1. The van der Waals surface area contributed by atoms with Gasteiger partial charge in [0.25, 0.3) is 0 Å². The van der Waals surface area contributed by atoms with Crippen LogP contribution in [0.5, 0.6) is 0 Å². The second-order valence-electron chi connectivity index (χ2n) is 5.52. The molecule has 23 heavy (non-hydrogen) atoms. The molecule has 0 saturated carbocycles. The lowest BCUT2D eigenvalue weighted by atomic mass is 10.0. The molecule has 0 unspecified atom stereocenters.